The molecule has 0 bridgehead atoms. The Bertz CT molecular complexity index is 1270. The fourth-order valence-electron chi connectivity index (χ4n) is 3.87. The number of nitro benzene ring substituents is 1. The van der Waals surface area contributed by atoms with E-state index >= 15 is 0 Å². The zero-order valence-electron chi connectivity index (χ0n) is 18.3. The van der Waals surface area contributed by atoms with Gasteiger partial charge in [-0.15, -0.1) is 11.3 Å². The third-order valence-electron chi connectivity index (χ3n) is 5.57. The van der Waals surface area contributed by atoms with Crippen LogP contribution in [0.25, 0.3) is 10.2 Å². The van der Waals surface area contributed by atoms with E-state index in [2.05, 4.69) is 5.32 Å². The van der Waals surface area contributed by atoms with E-state index in [1.165, 1.54) is 17.0 Å². The lowest BCUT2D eigenvalue weighted by molar-refractivity contribution is -0.383. The molecule has 1 atom stereocenters. The van der Waals surface area contributed by atoms with Crippen LogP contribution in [0, 0.1) is 10.1 Å². The van der Waals surface area contributed by atoms with Crippen LogP contribution >= 0.6 is 23.1 Å². The Hall–Kier alpha value is -2.76. The zero-order chi connectivity index (χ0) is 23.5. The van der Waals surface area contributed by atoms with Crippen LogP contribution in [-0.4, -0.2) is 39.3 Å². The summed E-state index contributed by atoms with van der Waals surface area (Å²) in [5, 5.41) is 14.4. The molecule has 9 nitrogen and oxygen atoms in total. The fourth-order valence-corrected chi connectivity index (χ4v) is 6.11. The van der Waals surface area contributed by atoms with Crippen molar-refractivity contribution in [2.45, 2.75) is 49.6 Å². The molecule has 1 N–H and O–H groups in total. The number of aryl methyl sites for hydroxylation is 2. The van der Waals surface area contributed by atoms with Crippen LogP contribution in [0.5, 0.6) is 0 Å². The number of hydrogen-bond acceptors (Lipinski definition) is 8. The molecule has 2 aromatic heterocycles. The summed E-state index contributed by atoms with van der Waals surface area (Å²) < 4.78 is 6.77. The number of thiophene rings is 1. The van der Waals surface area contributed by atoms with Crippen LogP contribution in [0.4, 0.5) is 11.4 Å². The Morgan fingerprint density at radius 1 is 1.36 bits per heavy atom. The number of nitrogens with one attached hydrogen (secondary N) is 1. The lowest BCUT2D eigenvalue weighted by atomic mass is 9.97. The van der Waals surface area contributed by atoms with Gasteiger partial charge >= 0.3 is 0 Å². The van der Waals surface area contributed by atoms with Gasteiger partial charge in [0.05, 0.1) is 28.7 Å². The molecular formula is C22H24N4O5S2. The number of rotatable bonds is 8. The van der Waals surface area contributed by atoms with Crippen molar-refractivity contribution in [2.24, 2.45) is 0 Å². The average Bonchev–Trinajstić information content (AvgIpc) is 3.17. The molecule has 0 aliphatic heterocycles. The van der Waals surface area contributed by atoms with Crippen LogP contribution in [0.15, 0.2) is 34.2 Å². The number of methoxy groups -OCH3 is 1. The summed E-state index contributed by atoms with van der Waals surface area (Å²) in [5.74, 6) is -0.410. The van der Waals surface area contributed by atoms with Crippen molar-refractivity contribution in [1.29, 1.82) is 0 Å². The molecule has 0 saturated heterocycles. The quantitative estimate of drug-likeness (QED) is 0.220. The second kappa shape index (κ2) is 10.0. The molecule has 1 amide bonds. The van der Waals surface area contributed by atoms with Gasteiger partial charge in [0.15, 0.2) is 5.16 Å². The Morgan fingerprint density at radius 2 is 2.12 bits per heavy atom. The molecule has 11 heteroatoms. The topological polar surface area (TPSA) is 116 Å². The molecule has 1 aliphatic carbocycles. The maximum atomic E-state index is 13.4. The molecule has 1 aliphatic rings. The Kier molecular flexibility index (Phi) is 7.11. The van der Waals surface area contributed by atoms with Gasteiger partial charge in [-0.25, -0.2) is 4.98 Å². The van der Waals surface area contributed by atoms with E-state index in [-0.39, 0.29) is 16.9 Å². The van der Waals surface area contributed by atoms with Crippen molar-refractivity contribution in [3.63, 3.8) is 0 Å². The van der Waals surface area contributed by atoms with Gasteiger partial charge < -0.3 is 10.1 Å². The summed E-state index contributed by atoms with van der Waals surface area (Å²) in [6, 6.07) is 5.99. The first kappa shape index (κ1) is 23.4. The van der Waals surface area contributed by atoms with Crippen LogP contribution in [0.1, 0.15) is 30.2 Å². The number of aromatic nitrogens is 2. The second-order valence-corrected chi connectivity index (χ2v) is 10.2. The Balaban J connectivity index is 1.65. The van der Waals surface area contributed by atoms with Crippen LogP contribution in [-0.2, 0) is 28.9 Å². The van der Waals surface area contributed by atoms with E-state index < -0.39 is 16.1 Å². The number of carbonyl (C=O) groups excluding carboxylic acids is 1. The third kappa shape index (κ3) is 4.80. The van der Waals surface area contributed by atoms with Gasteiger partial charge in [0, 0.05) is 18.1 Å². The number of nitro groups is 1. The van der Waals surface area contributed by atoms with Gasteiger partial charge in [-0.1, -0.05) is 23.9 Å². The first-order chi connectivity index (χ1) is 15.9. The van der Waals surface area contributed by atoms with Gasteiger partial charge in [0.2, 0.25) is 5.91 Å². The van der Waals surface area contributed by atoms with Crippen molar-refractivity contribution in [1.82, 2.24) is 9.55 Å². The van der Waals surface area contributed by atoms with Crippen LogP contribution < -0.4 is 10.9 Å². The minimum absolute atomic E-state index is 0.106. The van der Waals surface area contributed by atoms with Crippen LogP contribution in [0.2, 0.25) is 0 Å². The van der Waals surface area contributed by atoms with E-state index in [4.69, 9.17) is 9.72 Å². The van der Waals surface area contributed by atoms with E-state index in [1.54, 1.807) is 42.1 Å². The standard InChI is InChI=1S/C22H24N4O5S2/c1-13(19(27)23-15-8-4-5-9-16(15)26(29)30)32-22-24-20-18(21(28)25(22)11-12-31-2)14-7-3-6-10-17(14)33-20/h4-5,8-9,13H,3,6-7,10-12H2,1-2H3,(H,23,27). The van der Waals surface area contributed by atoms with E-state index in [1.807, 2.05) is 0 Å². The van der Waals surface area contributed by atoms with Crippen molar-refractivity contribution in [3.05, 3.63) is 55.2 Å². The molecule has 1 unspecified atom stereocenters. The number of hydrogen-bond donors (Lipinski definition) is 1. The van der Waals surface area contributed by atoms with E-state index in [0.717, 1.165) is 43.0 Å². The molecular weight excluding hydrogens is 464 g/mol. The summed E-state index contributed by atoms with van der Waals surface area (Å²) in [7, 11) is 1.57. The summed E-state index contributed by atoms with van der Waals surface area (Å²) in [5.41, 5.74) is 0.962. The van der Waals surface area contributed by atoms with Gasteiger partial charge in [-0.05, 0) is 44.2 Å². The maximum Gasteiger partial charge on any atom is 0.292 e. The first-order valence-corrected chi connectivity index (χ1v) is 12.3. The molecule has 0 fully saturated rings. The lowest BCUT2D eigenvalue weighted by Crippen LogP contribution is -2.28. The molecule has 33 heavy (non-hydrogen) atoms. The number of carbonyl (C=O) groups is 1. The number of nitrogens with zero attached hydrogens (tertiary/aromatic N) is 3. The molecule has 174 valence electrons. The highest BCUT2D eigenvalue weighted by atomic mass is 32.2. The summed E-state index contributed by atoms with van der Waals surface area (Å²) in [4.78, 5) is 43.7. The SMILES string of the molecule is COCCn1c(SC(C)C(=O)Nc2ccccc2[N+](=O)[O-])nc2sc3c(c2c1=O)CCCC3. The van der Waals surface area contributed by atoms with Gasteiger partial charge in [0.25, 0.3) is 11.2 Å². The van der Waals surface area contributed by atoms with Crippen molar-refractivity contribution in [2.75, 3.05) is 19.0 Å². The first-order valence-electron chi connectivity index (χ1n) is 10.7. The van der Waals surface area contributed by atoms with Crippen molar-refractivity contribution < 1.29 is 14.5 Å². The smallest absolute Gasteiger partial charge is 0.292 e. The minimum Gasteiger partial charge on any atom is -0.383 e. The zero-order valence-corrected chi connectivity index (χ0v) is 20.0. The molecule has 4 rings (SSSR count). The molecule has 0 saturated carbocycles. The molecule has 0 radical (unpaired) electrons. The highest BCUT2D eigenvalue weighted by Crippen LogP contribution is 2.35. The highest BCUT2D eigenvalue weighted by Gasteiger charge is 2.25. The monoisotopic (exact) mass is 488 g/mol. The fraction of sp³-hybridized carbons (Fsp3) is 0.409. The third-order valence-corrected chi connectivity index (χ3v) is 7.84. The summed E-state index contributed by atoms with van der Waals surface area (Å²) >= 11 is 2.72. The van der Waals surface area contributed by atoms with Gasteiger partial charge in [-0.3, -0.25) is 24.3 Å². The number of para-hydroxylation sites is 2. The number of fused-ring (bicyclic) bond motifs is 3. The lowest BCUT2D eigenvalue weighted by Gasteiger charge is -2.16. The maximum absolute atomic E-state index is 13.4. The van der Waals surface area contributed by atoms with E-state index in [0.29, 0.717) is 28.5 Å². The van der Waals surface area contributed by atoms with Crippen molar-refractivity contribution >= 4 is 50.6 Å². The van der Waals surface area contributed by atoms with Gasteiger partial charge in [0.1, 0.15) is 10.5 Å². The molecule has 0 spiro atoms. The number of thioether (sulfide) groups is 1. The minimum atomic E-state index is -0.641. The number of ether oxygens (including phenoxy) is 1. The molecule has 2 heterocycles. The number of benzene rings is 1. The Labute approximate surface area is 198 Å². The summed E-state index contributed by atoms with van der Waals surface area (Å²) in [6.07, 6.45) is 4.03. The van der Waals surface area contributed by atoms with Crippen LogP contribution in [0.3, 0.4) is 0 Å². The van der Waals surface area contributed by atoms with Gasteiger partial charge in [-0.2, -0.15) is 0 Å². The molecule has 3 aromatic rings. The van der Waals surface area contributed by atoms with Crippen molar-refractivity contribution in [3.8, 4) is 0 Å². The Morgan fingerprint density at radius 3 is 2.88 bits per heavy atom. The largest absolute Gasteiger partial charge is 0.383 e. The van der Waals surface area contributed by atoms with E-state index in [9.17, 15) is 19.7 Å². The highest BCUT2D eigenvalue weighted by molar-refractivity contribution is 8.00. The average molecular weight is 489 g/mol. The number of anilines is 1. The number of amides is 1. The second-order valence-electron chi connectivity index (χ2n) is 7.76. The normalized spacial score (nSPS) is 14.1. The predicted molar refractivity (Wildman–Crippen MR) is 129 cm³/mol. The molecule has 1 aromatic carbocycles. The predicted octanol–water partition coefficient (Wildman–Crippen LogP) is 4.01. The summed E-state index contributed by atoms with van der Waals surface area (Å²) in [6.45, 7) is 2.35.